The largest absolute Gasteiger partial charge is 0.299 e. The van der Waals surface area contributed by atoms with Gasteiger partial charge in [-0.1, -0.05) is 28.1 Å². The third-order valence-electron chi connectivity index (χ3n) is 3.69. The first-order chi connectivity index (χ1) is 11.6. The quantitative estimate of drug-likeness (QED) is 0.670. The molecule has 1 aromatic carbocycles. The summed E-state index contributed by atoms with van der Waals surface area (Å²) in [5.74, 6) is 0.150. The molecule has 0 saturated carbocycles. The Morgan fingerprint density at radius 2 is 1.92 bits per heavy atom. The zero-order chi connectivity index (χ0) is 16.9. The minimum Gasteiger partial charge on any atom is -0.299 e. The summed E-state index contributed by atoms with van der Waals surface area (Å²) >= 11 is 3.47. The van der Waals surface area contributed by atoms with Crippen molar-refractivity contribution in [2.24, 2.45) is 0 Å². The van der Waals surface area contributed by atoms with Crippen molar-refractivity contribution < 1.29 is 4.79 Å². The third kappa shape index (κ3) is 4.11. The Morgan fingerprint density at radius 3 is 2.58 bits per heavy atom. The highest BCUT2D eigenvalue weighted by Crippen LogP contribution is 2.18. The van der Waals surface area contributed by atoms with E-state index in [1.165, 1.54) is 0 Å². The molecule has 3 aromatic rings. The van der Waals surface area contributed by atoms with Crippen molar-refractivity contribution in [3.05, 3.63) is 76.4 Å². The summed E-state index contributed by atoms with van der Waals surface area (Å²) in [4.78, 5) is 24.9. The first-order valence-electron chi connectivity index (χ1n) is 7.60. The van der Waals surface area contributed by atoms with Gasteiger partial charge < -0.3 is 0 Å². The Bertz CT molecular complexity index is 848. The van der Waals surface area contributed by atoms with Gasteiger partial charge in [-0.05, 0) is 36.2 Å². The highest BCUT2D eigenvalue weighted by molar-refractivity contribution is 9.10. The molecule has 2 heterocycles. The van der Waals surface area contributed by atoms with Crippen molar-refractivity contribution in [1.29, 1.82) is 0 Å². The van der Waals surface area contributed by atoms with Crippen LogP contribution in [0.3, 0.4) is 0 Å². The molecule has 0 bridgehead atoms. The summed E-state index contributed by atoms with van der Waals surface area (Å²) in [6.45, 7) is 2.02. The van der Waals surface area contributed by atoms with E-state index in [1.54, 1.807) is 24.8 Å². The predicted octanol–water partition coefficient (Wildman–Crippen LogP) is 3.96. The normalized spacial score (nSPS) is 10.6. The monoisotopic (exact) mass is 381 g/mol. The number of rotatable bonds is 5. The Labute approximate surface area is 149 Å². The summed E-state index contributed by atoms with van der Waals surface area (Å²) < 4.78 is 1.06. The molecular weight excluding hydrogens is 366 g/mol. The maximum absolute atomic E-state index is 12.3. The summed E-state index contributed by atoms with van der Waals surface area (Å²) in [7, 11) is 0. The van der Waals surface area contributed by atoms with Crippen LogP contribution in [-0.2, 0) is 17.6 Å². The zero-order valence-corrected chi connectivity index (χ0v) is 14.8. The highest BCUT2D eigenvalue weighted by atomic mass is 79.9. The molecule has 0 N–H and O–H groups in total. The van der Waals surface area contributed by atoms with Gasteiger partial charge in [0.1, 0.15) is 5.78 Å². The molecule has 4 nitrogen and oxygen atoms in total. The lowest BCUT2D eigenvalue weighted by atomic mass is 10.0. The Hall–Kier alpha value is -2.40. The molecule has 3 rings (SSSR count). The molecule has 0 spiro atoms. The van der Waals surface area contributed by atoms with Crippen LogP contribution in [0.1, 0.15) is 16.8 Å². The van der Waals surface area contributed by atoms with Gasteiger partial charge in [0.25, 0.3) is 0 Å². The molecular formula is C19H16BrN3O. The molecule has 0 fully saturated rings. The van der Waals surface area contributed by atoms with E-state index < -0.39 is 0 Å². The number of aromatic nitrogens is 3. The maximum Gasteiger partial charge on any atom is 0.143 e. The first kappa shape index (κ1) is 16.5. The molecule has 0 aliphatic carbocycles. The van der Waals surface area contributed by atoms with Crippen molar-refractivity contribution in [2.45, 2.75) is 19.8 Å². The molecule has 0 atom stereocenters. The Morgan fingerprint density at radius 1 is 1.04 bits per heavy atom. The molecule has 2 aromatic heterocycles. The fourth-order valence-electron chi connectivity index (χ4n) is 2.44. The van der Waals surface area contributed by atoms with E-state index in [0.717, 1.165) is 32.6 Å². The number of Topliss-reactive ketones (excluding diaryl/α,β-unsaturated/α-hetero) is 1. The van der Waals surface area contributed by atoms with Crippen LogP contribution in [0.4, 0.5) is 0 Å². The Balaban J connectivity index is 1.65. The van der Waals surface area contributed by atoms with Gasteiger partial charge >= 0.3 is 0 Å². The molecule has 24 heavy (non-hydrogen) atoms. The van der Waals surface area contributed by atoms with Crippen molar-refractivity contribution in [2.75, 3.05) is 0 Å². The number of carbonyl (C=O) groups excluding carboxylic acids is 1. The average Bonchev–Trinajstić information content (AvgIpc) is 2.59. The lowest BCUT2D eigenvalue weighted by Gasteiger charge is -2.05. The van der Waals surface area contributed by atoms with E-state index >= 15 is 0 Å². The van der Waals surface area contributed by atoms with E-state index in [2.05, 4.69) is 30.9 Å². The van der Waals surface area contributed by atoms with Gasteiger partial charge in [-0.3, -0.25) is 19.7 Å². The lowest BCUT2D eigenvalue weighted by Crippen LogP contribution is -2.08. The summed E-state index contributed by atoms with van der Waals surface area (Å²) in [5, 5.41) is 0. The second-order valence-electron chi connectivity index (χ2n) is 5.60. The number of hydrogen-bond donors (Lipinski definition) is 0. The van der Waals surface area contributed by atoms with Crippen LogP contribution < -0.4 is 0 Å². The summed E-state index contributed by atoms with van der Waals surface area (Å²) in [5.41, 5.74) is 4.58. The topological polar surface area (TPSA) is 55.7 Å². The fourth-order valence-corrected chi connectivity index (χ4v) is 2.68. The standard InChI is InChI=1S/C19H16BrN3O/c1-13-8-14(2-5-18(13)20)9-17(24)10-16-4-3-15(11-23-16)19-12-21-6-7-22-19/h2-8,11-12H,9-10H2,1H3. The summed E-state index contributed by atoms with van der Waals surface area (Å²) in [6, 6.07) is 9.77. The number of hydrogen-bond acceptors (Lipinski definition) is 4. The van der Waals surface area contributed by atoms with Crippen molar-refractivity contribution >= 4 is 21.7 Å². The minimum atomic E-state index is 0.150. The molecule has 0 aliphatic heterocycles. The second kappa shape index (κ2) is 7.45. The van der Waals surface area contributed by atoms with Gasteiger partial charge in [0, 0.05) is 47.2 Å². The van der Waals surface area contributed by atoms with E-state index in [1.807, 2.05) is 37.3 Å². The van der Waals surface area contributed by atoms with Crippen molar-refractivity contribution in [3.63, 3.8) is 0 Å². The van der Waals surface area contributed by atoms with Crippen LogP contribution in [0, 0.1) is 6.92 Å². The van der Waals surface area contributed by atoms with Gasteiger partial charge in [0.05, 0.1) is 11.9 Å². The zero-order valence-electron chi connectivity index (χ0n) is 13.2. The molecule has 0 amide bonds. The maximum atomic E-state index is 12.3. The smallest absolute Gasteiger partial charge is 0.143 e. The lowest BCUT2D eigenvalue weighted by molar-refractivity contribution is -0.117. The van der Waals surface area contributed by atoms with Gasteiger partial charge in [-0.25, -0.2) is 0 Å². The number of halogens is 1. The van der Waals surface area contributed by atoms with E-state index in [-0.39, 0.29) is 5.78 Å². The summed E-state index contributed by atoms with van der Waals surface area (Å²) in [6.07, 6.45) is 7.45. The second-order valence-corrected chi connectivity index (χ2v) is 6.46. The van der Waals surface area contributed by atoms with E-state index in [0.29, 0.717) is 12.8 Å². The fraction of sp³-hybridized carbons (Fsp3) is 0.158. The number of pyridine rings is 1. The van der Waals surface area contributed by atoms with E-state index in [4.69, 9.17) is 0 Å². The highest BCUT2D eigenvalue weighted by Gasteiger charge is 2.08. The van der Waals surface area contributed by atoms with E-state index in [9.17, 15) is 4.79 Å². The van der Waals surface area contributed by atoms with Crippen LogP contribution in [0.15, 0.2) is 59.6 Å². The molecule has 0 radical (unpaired) electrons. The number of aryl methyl sites for hydroxylation is 1. The molecule has 120 valence electrons. The van der Waals surface area contributed by atoms with Crippen molar-refractivity contribution in [1.82, 2.24) is 15.0 Å². The van der Waals surface area contributed by atoms with Crippen LogP contribution in [0.25, 0.3) is 11.3 Å². The Kier molecular flexibility index (Phi) is 5.11. The van der Waals surface area contributed by atoms with Gasteiger partial charge in [-0.15, -0.1) is 0 Å². The van der Waals surface area contributed by atoms with Crippen LogP contribution in [0.2, 0.25) is 0 Å². The number of nitrogens with zero attached hydrogens (tertiary/aromatic N) is 3. The molecule has 0 aliphatic rings. The number of carbonyl (C=O) groups is 1. The minimum absolute atomic E-state index is 0.150. The first-order valence-corrected chi connectivity index (χ1v) is 8.39. The molecule has 5 heteroatoms. The van der Waals surface area contributed by atoms with Crippen LogP contribution in [-0.4, -0.2) is 20.7 Å². The van der Waals surface area contributed by atoms with Crippen LogP contribution >= 0.6 is 15.9 Å². The van der Waals surface area contributed by atoms with Crippen LogP contribution in [0.5, 0.6) is 0 Å². The van der Waals surface area contributed by atoms with Gasteiger partial charge in [-0.2, -0.15) is 0 Å². The van der Waals surface area contributed by atoms with Crippen molar-refractivity contribution in [3.8, 4) is 11.3 Å². The van der Waals surface area contributed by atoms with Gasteiger partial charge in [0.2, 0.25) is 0 Å². The SMILES string of the molecule is Cc1cc(CC(=O)Cc2ccc(-c3cnccn3)cn2)ccc1Br. The number of benzene rings is 1. The third-order valence-corrected chi connectivity index (χ3v) is 4.58. The average molecular weight is 382 g/mol. The number of ketones is 1. The molecule has 0 unspecified atom stereocenters. The molecule has 0 saturated heterocycles. The van der Waals surface area contributed by atoms with Gasteiger partial charge in [0.15, 0.2) is 0 Å². The predicted molar refractivity (Wildman–Crippen MR) is 96.6 cm³/mol.